The van der Waals surface area contributed by atoms with Crippen molar-refractivity contribution in [1.82, 2.24) is 9.97 Å². The van der Waals surface area contributed by atoms with Crippen LogP contribution in [0.3, 0.4) is 0 Å². The molecule has 0 unspecified atom stereocenters. The van der Waals surface area contributed by atoms with E-state index >= 15 is 0 Å². The molecule has 0 spiro atoms. The van der Waals surface area contributed by atoms with Gasteiger partial charge in [0.2, 0.25) is 0 Å². The highest BCUT2D eigenvalue weighted by molar-refractivity contribution is 7.98. The highest BCUT2D eigenvalue weighted by Crippen LogP contribution is 2.32. The molecule has 78 valence electrons. The van der Waals surface area contributed by atoms with E-state index in [9.17, 15) is 0 Å². The fraction of sp³-hybridized carbons (Fsp3) is 0.556. The Kier molecular flexibility index (Phi) is 4.48. The minimum Gasteiger partial charge on any atom is -0.210 e. The fourth-order valence-electron chi connectivity index (χ4n) is 1.10. The van der Waals surface area contributed by atoms with Crippen molar-refractivity contribution < 1.29 is 0 Å². The van der Waals surface area contributed by atoms with Crippen LogP contribution in [0, 0.1) is 0 Å². The van der Waals surface area contributed by atoms with E-state index in [2.05, 4.69) is 23.8 Å². The number of rotatable bonds is 3. The van der Waals surface area contributed by atoms with E-state index in [-0.39, 0.29) is 0 Å². The van der Waals surface area contributed by atoms with E-state index in [0.29, 0.717) is 21.4 Å². The molecule has 0 bridgehead atoms. The van der Waals surface area contributed by atoms with E-state index in [0.717, 1.165) is 12.0 Å². The third kappa shape index (κ3) is 2.53. The first-order valence-electron chi connectivity index (χ1n) is 4.37. The molecule has 0 fully saturated rings. The van der Waals surface area contributed by atoms with Gasteiger partial charge in [-0.1, -0.05) is 48.8 Å². The third-order valence-corrected chi connectivity index (χ3v) is 3.24. The van der Waals surface area contributed by atoms with Gasteiger partial charge in [-0.25, -0.2) is 9.97 Å². The molecule has 1 atom stereocenters. The molecule has 0 aromatic carbocycles. The summed E-state index contributed by atoms with van der Waals surface area (Å²) in [6, 6.07) is 0. The van der Waals surface area contributed by atoms with Gasteiger partial charge in [0, 0.05) is 5.56 Å². The summed E-state index contributed by atoms with van der Waals surface area (Å²) in [5.41, 5.74) is 0.855. The van der Waals surface area contributed by atoms with Crippen molar-refractivity contribution in [2.45, 2.75) is 31.3 Å². The van der Waals surface area contributed by atoms with Gasteiger partial charge in [-0.15, -0.1) is 0 Å². The topological polar surface area (TPSA) is 25.8 Å². The molecule has 1 heterocycles. The van der Waals surface area contributed by atoms with Crippen molar-refractivity contribution in [3.63, 3.8) is 0 Å². The molecule has 1 aromatic rings. The van der Waals surface area contributed by atoms with Gasteiger partial charge in [0.15, 0.2) is 5.16 Å². The highest BCUT2D eigenvalue weighted by atomic mass is 35.5. The predicted octanol–water partition coefficient (Wildman–Crippen LogP) is 4.02. The summed E-state index contributed by atoms with van der Waals surface area (Å²) in [6.45, 7) is 4.15. The van der Waals surface area contributed by atoms with E-state index in [4.69, 9.17) is 23.2 Å². The summed E-state index contributed by atoms with van der Waals surface area (Å²) < 4.78 is 0. The van der Waals surface area contributed by atoms with Gasteiger partial charge in [-0.3, -0.25) is 0 Å². The van der Waals surface area contributed by atoms with E-state index < -0.39 is 0 Å². The molecule has 0 saturated heterocycles. The number of halogens is 2. The number of nitrogens with zero attached hydrogens (tertiary/aromatic N) is 2. The molecule has 1 rings (SSSR count). The van der Waals surface area contributed by atoms with Crippen LogP contribution >= 0.6 is 35.0 Å². The van der Waals surface area contributed by atoms with Crippen molar-refractivity contribution >= 4 is 35.0 Å². The second kappa shape index (κ2) is 5.19. The average molecular weight is 251 g/mol. The standard InChI is InChI=1S/C9H12Cl2N2S/c1-4-5(2)6-7(10)12-9(14-3)13-8(6)11/h5H,4H2,1-3H3/t5-/m1/s1. The van der Waals surface area contributed by atoms with Crippen molar-refractivity contribution in [3.8, 4) is 0 Å². The van der Waals surface area contributed by atoms with Crippen LogP contribution in [-0.2, 0) is 0 Å². The second-order valence-corrected chi connectivity index (χ2v) is 4.50. The first-order valence-corrected chi connectivity index (χ1v) is 6.35. The minimum absolute atomic E-state index is 0.297. The maximum atomic E-state index is 6.04. The van der Waals surface area contributed by atoms with Gasteiger partial charge in [0.1, 0.15) is 10.3 Å². The van der Waals surface area contributed by atoms with Crippen LogP contribution in [0.25, 0.3) is 0 Å². The minimum atomic E-state index is 0.297. The molecule has 14 heavy (non-hydrogen) atoms. The normalized spacial score (nSPS) is 12.9. The summed E-state index contributed by atoms with van der Waals surface area (Å²) in [5, 5.41) is 1.57. The molecule has 1 aromatic heterocycles. The van der Waals surface area contributed by atoms with Gasteiger partial charge >= 0.3 is 0 Å². The van der Waals surface area contributed by atoms with Crippen molar-refractivity contribution in [3.05, 3.63) is 15.9 Å². The predicted molar refractivity (Wildman–Crippen MR) is 62.5 cm³/mol. The lowest BCUT2D eigenvalue weighted by atomic mass is 10.0. The Morgan fingerprint density at radius 3 is 2.14 bits per heavy atom. The zero-order valence-corrected chi connectivity index (χ0v) is 10.7. The number of aromatic nitrogens is 2. The van der Waals surface area contributed by atoms with E-state index in [1.807, 2.05) is 6.26 Å². The van der Waals surface area contributed by atoms with Crippen LogP contribution in [0.1, 0.15) is 31.7 Å². The fourth-order valence-corrected chi connectivity index (χ4v) is 2.33. The van der Waals surface area contributed by atoms with E-state index in [1.54, 1.807) is 0 Å². The van der Waals surface area contributed by atoms with Gasteiger partial charge in [-0.2, -0.15) is 0 Å². The van der Waals surface area contributed by atoms with Crippen LogP contribution in [0.5, 0.6) is 0 Å². The molecule has 5 heteroatoms. The second-order valence-electron chi connectivity index (χ2n) is 3.01. The zero-order valence-electron chi connectivity index (χ0n) is 8.34. The number of hydrogen-bond acceptors (Lipinski definition) is 3. The molecule has 0 aliphatic carbocycles. The first-order chi connectivity index (χ1) is 6.60. The Morgan fingerprint density at radius 2 is 1.79 bits per heavy atom. The summed E-state index contributed by atoms with van der Waals surface area (Å²) in [5.74, 6) is 0.297. The maximum Gasteiger partial charge on any atom is 0.190 e. The Morgan fingerprint density at radius 1 is 1.29 bits per heavy atom. The first kappa shape index (κ1) is 12.1. The Balaban J connectivity index is 3.18. The quantitative estimate of drug-likeness (QED) is 0.461. The van der Waals surface area contributed by atoms with E-state index in [1.165, 1.54) is 11.8 Å². The summed E-state index contributed by atoms with van der Waals surface area (Å²) >= 11 is 13.5. The van der Waals surface area contributed by atoms with Gasteiger partial charge in [0.05, 0.1) is 0 Å². The Bertz CT molecular complexity index is 308. The van der Waals surface area contributed by atoms with Crippen LogP contribution in [0.15, 0.2) is 5.16 Å². The monoisotopic (exact) mass is 250 g/mol. The average Bonchev–Trinajstić information content (AvgIpc) is 2.16. The van der Waals surface area contributed by atoms with Crippen molar-refractivity contribution in [2.75, 3.05) is 6.26 Å². The lowest BCUT2D eigenvalue weighted by Gasteiger charge is -2.12. The molecular formula is C9H12Cl2N2S. The number of thioether (sulfide) groups is 1. The molecule has 0 N–H and O–H groups in total. The smallest absolute Gasteiger partial charge is 0.190 e. The highest BCUT2D eigenvalue weighted by Gasteiger charge is 2.15. The Labute approximate surface area is 98.4 Å². The van der Waals surface area contributed by atoms with Crippen LogP contribution < -0.4 is 0 Å². The zero-order chi connectivity index (χ0) is 10.7. The van der Waals surface area contributed by atoms with Crippen molar-refractivity contribution in [1.29, 1.82) is 0 Å². The molecular weight excluding hydrogens is 239 g/mol. The van der Waals surface area contributed by atoms with Crippen LogP contribution in [0.2, 0.25) is 10.3 Å². The SMILES string of the molecule is CC[C@@H](C)c1c(Cl)nc(SC)nc1Cl. The molecule has 0 radical (unpaired) electrons. The molecule has 2 nitrogen and oxygen atoms in total. The third-order valence-electron chi connectivity index (χ3n) is 2.12. The van der Waals surface area contributed by atoms with Crippen LogP contribution in [0.4, 0.5) is 0 Å². The lowest BCUT2D eigenvalue weighted by Crippen LogP contribution is -2.00. The van der Waals surface area contributed by atoms with Crippen LogP contribution in [-0.4, -0.2) is 16.2 Å². The number of hydrogen-bond donors (Lipinski definition) is 0. The molecule has 0 amide bonds. The van der Waals surface area contributed by atoms with Crippen molar-refractivity contribution in [2.24, 2.45) is 0 Å². The molecule has 0 saturated carbocycles. The summed E-state index contributed by atoms with van der Waals surface area (Å²) in [6.07, 6.45) is 2.87. The Hall–Kier alpha value is 0.01000. The largest absolute Gasteiger partial charge is 0.210 e. The lowest BCUT2D eigenvalue weighted by molar-refractivity contribution is 0.717. The summed E-state index contributed by atoms with van der Waals surface area (Å²) in [4.78, 5) is 8.31. The molecule has 0 aliphatic rings. The molecule has 0 aliphatic heterocycles. The van der Waals surface area contributed by atoms with Gasteiger partial charge < -0.3 is 0 Å². The van der Waals surface area contributed by atoms with Gasteiger partial charge in [0.25, 0.3) is 0 Å². The van der Waals surface area contributed by atoms with Gasteiger partial charge in [-0.05, 0) is 18.6 Å². The maximum absolute atomic E-state index is 6.04. The summed E-state index contributed by atoms with van der Waals surface area (Å²) in [7, 11) is 0.